The maximum absolute atomic E-state index is 4.71. The van der Waals surface area contributed by atoms with Crippen molar-refractivity contribution in [1.29, 1.82) is 0 Å². The molecule has 5 nitrogen and oxygen atoms in total. The Morgan fingerprint density at radius 3 is 2.83 bits per heavy atom. The highest BCUT2D eigenvalue weighted by Crippen LogP contribution is 2.27. The van der Waals surface area contributed by atoms with E-state index in [1.54, 1.807) is 6.20 Å². The monoisotopic (exact) mass is 425 g/mol. The van der Waals surface area contributed by atoms with Crippen LogP contribution in [0.15, 0.2) is 48.0 Å². The summed E-state index contributed by atoms with van der Waals surface area (Å²) in [6.07, 6.45) is 8.26. The first-order chi connectivity index (χ1) is 10.9. The van der Waals surface area contributed by atoms with Gasteiger partial charge in [0, 0.05) is 25.5 Å². The number of halogens is 1. The minimum absolute atomic E-state index is 0. The van der Waals surface area contributed by atoms with Crippen molar-refractivity contribution in [2.45, 2.75) is 26.3 Å². The molecule has 0 saturated heterocycles. The van der Waals surface area contributed by atoms with Crippen molar-refractivity contribution in [3.8, 4) is 5.69 Å². The van der Waals surface area contributed by atoms with Crippen LogP contribution in [-0.2, 0) is 6.54 Å². The second kappa shape index (κ2) is 8.90. The van der Waals surface area contributed by atoms with E-state index >= 15 is 0 Å². The van der Waals surface area contributed by atoms with Gasteiger partial charge in [-0.3, -0.25) is 0 Å². The lowest BCUT2D eigenvalue weighted by atomic mass is 10.2. The van der Waals surface area contributed by atoms with Gasteiger partial charge in [-0.25, -0.2) is 9.98 Å². The predicted octanol–water partition coefficient (Wildman–Crippen LogP) is 2.96. The first-order valence-electron chi connectivity index (χ1n) is 7.95. The lowest BCUT2D eigenvalue weighted by molar-refractivity contribution is 0.739. The molecule has 3 rings (SSSR count). The van der Waals surface area contributed by atoms with Gasteiger partial charge in [0.25, 0.3) is 0 Å². The maximum Gasteiger partial charge on any atom is 0.191 e. The lowest BCUT2D eigenvalue weighted by Crippen LogP contribution is -2.38. The molecule has 1 fully saturated rings. The number of para-hydroxylation sites is 1. The number of nitrogens with zero attached hydrogens (tertiary/aromatic N) is 3. The summed E-state index contributed by atoms with van der Waals surface area (Å²) in [5, 5.41) is 6.74. The van der Waals surface area contributed by atoms with Crippen molar-refractivity contribution in [2.24, 2.45) is 10.9 Å². The molecule has 1 aliphatic carbocycles. The van der Waals surface area contributed by atoms with Crippen LogP contribution in [0.3, 0.4) is 0 Å². The number of hydrogen-bond donors (Lipinski definition) is 2. The molecule has 0 atom stereocenters. The average molecular weight is 425 g/mol. The minimum atomic E-state index is 0. The van der Waals surface area contributed by atoms with Crippen LogP contribution in [0.5, 0.6) is 0 Å². The number of aromatic nitrogens is 2. The number of aliphatic imine (C=N–C) groups is 1. The van der Waals surface area contributed by atoms with Crippen molar-refractivity contribution in [1.82, 2.24) is 20.2 Å². The van der Waals surface area contributed by atoms with Crippen LogP contribution in [0.2, 0.25) is 0 Å². The van der Waals surface area contributed by atoms with Crippen LogP contribution in [0.25, 0.3) is 5.69 Å². The third-order valence-corrected chi connectivity index (χ3v) is 3.78. The van der Waals surface area contributed by atoms with Gasteiger partial charge in [-0.2, -0.15) is 0 Å². The third-order valence-electron chi connectivity index (χ3n) is 3.78. The normalized spacial score (nSPS) is 14.2. The highest BCUT2D eigenvalue weighted by Gasteiger charge is 2.21. The van der Waals surface area contributed by atoms with Crippen molar-refractivity contribution >= 4 is 29.9 Å². The summed E-state index contributed by atoms with van der Waals surface area (Å²) in [5.74, 6) is 1.73. The van der Waals surface area contributed by atoms with E-state index in [1.807, 2.05) is 23.2 Å². The Kier molecular flexibility index (Phi) is 6.88. The zero-order chi connectivity index (χ0) is 15.2. The summed E-state index contributed by atoms with van der Waals surface area (Å²) in [6, 6.07) is 8.30. The molecule has 2 N–H and O–H groups in total. The van der Waals surface area contributed by atoms with Gasteiger partial charge in [0.05, 0.1) is 18.6 Å². The third kappa shape index (κ3) is 5.23. The Bertz CT molecular complexity index is 620. The second-order valence-electron chi connectivity index (χ2n) is 5.62. The average Bonchev–Trinajstić information content (AvgIpc) is 3.22. The summed E-state index contributed by atoms with van der Waals surface area (Å²) in [5.41, 5.74) is 2.31. The number of guanidine groups is 1. The smallest absolute Gasteiger partial charge is 0.191 e. The number of benzene rings is 1. The van der Waals surface area contributed by atoms with Crippen LogP contribution in [-0.4, -0.2) is 28.6 Å². The fourth-order valence-corrected chi connectivity index (χ4v) is 2.37. The first-order valence-corrected chi connectivity index (χ1v) is 7.95. The van der Waals surface area contributed by atoms with Crippen molar-refractivity contribution in [3.63, 3.8) is 0 Å². The van der Waals surface area contributed by atoms with Crippen molar-refractivity contribution in [2.75, 3.05) is 13.1 Å². The molecular formula is C17H24IN5. The lowest BCUT2D eigenvalue weighted by Gasteiger charge is -2.12. The molecule has 23 heavy (non-hydrogen) atoms. The highest BCUT2D eigenvalue weighted by molar-refractivity contribution is 14.0. The molecular weight excluding hydrogens is 401 g/mol. The quantitative estimate of drug-likeness (QED) is 0.425. The fourth-order valence-electron chi connectivity index (χ4n) is 2.37. The van der Waals surface area contributed by atoms with E-state index in [9.17, 15) is 0 Å². The Hall–Kier alpha value is -1.57. The van der Waals surface area contributed by atoms with Gasteiger partial charge in [-0.05, 0) is 37.3 Å². The van der Waals surface area contributed by atoms with Gasteiger partial charge in [0.2, 0.25) is 0 Å². The minimum Gasteiger partial charge on any atom is -0.357 e. The first kappa shape index (κ1) is 17.8. The SMILES string of the molecule is CCNC(=NCc1ccccc1-n1ccnc1)NCC1CC1.I. The molecule has 2 aromatic rings. The fraction of sp³-hybridized carbons (Fsp3) is 0.412. The Morgan fingerprint density at radius 2 is 2.13 bits per heavy atom. The molecule has 6 heteroatoms. The van der Waals surface area contributed by atoms with Gasteiger partial charge < -0.3 is 15.2 Å². The zero-order valence-electron chi connectivity index (χ0n) is 13.4. The van der Waals surface area contributed by atoms with Gasteiger partial charge in [0.1, 0.15) is 0 Å². The van der Waals surface area contributed by atoms with Crippen LogP contribution < -0.4 is 10.6 Å². The van der Waals surface area contributed by atoms with E-state index in [-0.39, 0.29) is 24.0 Å². The number of nitrogens with one attached hydrogen (secondary N) is 2. The van der Waals surface area contributed by atoms with Crippen molar-refractivity contribution in [3.05, 3.63) is 48.5 Å². The van der Waals surface area contributed by atoms with Crippen LogP contribution in [0.4, 0.5) is 0 Å². The summed E-state index contributed by atoms with van der Waals surface area (Å²) in [7, 11) is 0. The molecule has 0 radical (unpaired) electrons. The van der Waals surface area contributed by atoms with E-state index in [0.717, 1.165) is 30.7 Å². The molecule has 1 aromatic carbocycles. The molecule has 0 unspecified atom stereocenters. The molecule has 0 aliphatic heterocycles. The molecule has 124 valence electrons. The molecule has 0 spiro atoms. The Labute approximate surface area is 154 Å². The topological polar surface area (TPSA) is 54.2 Å². The van der Waals surface area contributed by atoms with Gasteiger partial charge in [-0.15, -0.1) is 24.0 Å². The number of imidazole rings is 1. The maximum atomic E-state index is 4.71. The van der Waals surface area contributed by atoms with Gasteiger partial charge in [0.15, 0.2) is 5.96 Å². The summed E-state index contributed by atoms with van der Waals surface area (Å²) in [4.78, 5) is 8.84. The Balaban J connectivity index is 0.00000192. The molecule has 1 aliphatic rings. The summed E-state index contributed by atoms with van der Waals surface area (Å²) >= 11 is 0. The summed E-state index contributed by atoms with van der Waals surface area (Å²) < 4.78 is 2.02. The Morgan fingerprint density at radius 1 is 1.30 bits per heavy atom. The molecule has 1 heterocycles. The molecule has 0 amide bonds. The van der Waals surface area contributed by atoms with Gasteiger partial charge >= 0.3 is 0 Å². The number of hydrogen-bond acceptors (Lipinski definition) is 2. The number of rotatable bonds is 6. The van der Waals surface area contributed by atoms with E-state index in [2.05, 4.69) is 40.7 Å². The largest absolute Gasteiger partial charge is 0.357 e. The highest BCUT2D eigenvalue weighted by atomic mass is 127. The van der Waals surface area contributed by atoms with E-state index < -0.39 is 0 Å². The molecule has 0 bridgehead atoms. The summed E-state index contributed by atoms with van der Waals surface area (Å²) in [6.45, 7) is 4.64. The van der Waals surface area contributed by atoms with Crippen LogP contribution >= 0.6 is 24.0 Å². The van der Waals surface area contributed by atoms with Crippen LogP contribution in [0, 0.1) is 5.92 Å². The second-order valence-corrected chi connectivity index (χ2v) is 5.62. The van der Waals surface area contributed by atoms with E-state index in [4.69, 9.17) is 4.99 Å². The molecule has 1 saturated carbocycles. The van der Waals surface area contributed by atoms with E-state index in [1.165, 1.54) is 18.4 Å². The predicted molar refractivity (Wildman–Crippen MR) is 105 cm³/mol. The zero-order valence-corrected chi connectivity index (χ0v) is 15.7. The van der Waals surface area contributed by atoms with Crippen molar-refractivity contribution < 1.29 is 0 Å². The van der Waals surface area contributed by atoms with Gasteiger partial charge in [-0.1, -0.05) is 18.2 Å². The van der Waals surface area contributed by atoms with E-state index in [0.29, 0.717) is 6.54 Å². The van der Waals surface area contributed by atoms with Crippen LogP contribution in [0.1, 0.15) is 25.3 Å². The standard InChI is InChI=1S/C17H23N5.HI/c1-2-19-17(20-11-14-7-8-14)21-12-15-5-3-4-6-16(15)22-10-9-18-13-22;/h3-6,9-10,13-14H,2,7-8,11-12H2,1H3,(H2,19,20,21);1H. The molecule has 1 aromatic heterocycles.